The van der Waals surface area contributed by atoms with Gasteiger partial charge in [-0.15, -0.1) is 0 Å². The standard InChI is InChI=1S/C15H23NO/c1-12-7-3-5-9-14(12)17-15-10-6-4-8-13(15)11-16-2/h3,5,7,9,13,15-16H,4,6,8,10-11H2,1-2H3. The van der Waals surface area contributed by atoms with Gasteiger partial charge in [0.1, 0.15) is 11.9 Å². The Balaban J connectivity index is 2.03. The number of benzene rings is 1. The molecule has 0 saturated heterocycles. The summed E-state index contributed by atoms with van der Waals surface area (Å²) in [6, 6.07) is 8.32. The molecule has 0 heterocycles. The molecule has 1 aliphatic rings. The summed E-state index contributed by atoms with van der Waals surface area (Å²) < 4.78 is 6.21. The third kappa shape index (κ3) is 3.22. The molecule has 1 aliphatic carbocycles. The zero-order valence-corrected chi connectivity index (χ0v) is 10.9. The van der Waals surface area contributed by atoms with Gasteiger partial charge < -0.3 is 10.1 Å². The van der Waals surface area contributed by atoms with Gasteiger partial charge in [-0.3, -0.25) is 0 Å². The molecule has 0 bridgehead atoms. The third-order valence-electron chi connectivity index (χ3n) is 3.68. The van der Waals surface area contributed by atoms with Crippen molar-refractivity contribution in [2.75, 3.05) is 13.6 Å². The Hall–Kier alpha value is -1.02. The molecule has 0 amide bonds. The number of rotatable bonds is 4. The monoisotopic (exact) mass is 233 g/mol. The second kappa shape index (κ2) is 6.06. The van der Waals surface area contributed by atoms with E-state index in [4.69, 9.17) is 4.74 Å². The summed E-state index contributed by atoms with van der Waals surface area (Å²) in [7, 11) is 2.03. The molecule has 2 heteroatoms. The van der Waals surface area contributed by atoms with Crippen molar-refractivity contribution in [2.45, 2.75) is 38.7 Å². The summed E-state index contributed by atoms with van der Waals surface area (Å²) in [4.78, 5) is 0. The highest BCUT2D eigenvalue weighted by Crippen LogP contribution is 2.29. The minimum absolute atomic E-state index is 0.386. The quantitative estimate of drug-likeness (QED) is 0.862. The lowest BCUT2D eigenvalue weighted by Gasteiger charge is -2.32. The average molecular weight is 233 g/mol. The van der Waals surface area contributed by atoms with Crippen molar-refractivity contribution in [1.82, 2.24) is 5.32 Å². The van der Waals surface area contributed by atoms with E-state index in [2.05, 4.69) is 36.5 Å². The van der Waals surface area contributed by atoms with Crippen molar-refractivity contribution in [3.8, 4) is 5.75 Å². The molecule has 2 rings (SSSR count). The second-order valence-corrected chi connectivity index (χ2v) is 5.02. The lowest BCUT2D eigenvalue weighted by Crippen LogP contribution is -2.36. The van der Waals surface area contributed by atoms with Gasteiger partial charge in [-0.1, -0.05) is 24.6 Å². The predicted molar refractivity (Wildman–Crippen MR) is 71.5 cm³/mol. The van der Waals surface area contributed by atoms with Crippen LogP contribution < -0.4 is 10.1 Å². The minimum atomic E-state index is 0.386. The fraction of sp³-hybridized carbons (Fsp3) is 0.600. The maximum Gasteiger partial charge on any atom is 0.122 e. The molecule has 94 valence electrons. The molecule has 2 unspecified atom stereocenters. The van der Waals surface area contributed by atoms with Gasteiger partial charge in [-0.25, -0.2) is 0 Å². The Morgan fingerprint density at radius 2 is 2.00 bits per heavy atom. The summed E-state index contributed by atoms with van der Waals surface area (Å²) in [5.41, 5.74) is 1.24. The number of ether oxygens (including phenoxy) is 1. The molecule has 1 aromatic rings. The maximum absolute atomic E-state index is 6.21. The van der Waals surface area contributed by atoms with Crippen LogP contribution in [0.15, 0.2) is 24.3 Å². The molecule has 2 nitrogen and oxygen atoms in total. The third-order valence-corrected chi connectivity index (χ3v) is 3.68. The van der Waals surface area contributed by atoms with Crippen LogP contribution in [0.2, 0.25) is 0 Å². The Labute approximate surface area is 104 Å². The molecule has 1 fully saturated rings. The van der Waals surface area contributed by atoms with E-state index in [0.717, 1.165) is 12.3 Å². The smallest absolute Gasteiger partial charge is 0.122 e. The number of hydrogen-bond acceptors (Lipinski definition) is 2. The van der Waals surface area contributed by atoms with Gasteiger partial charge in [-0.05, 0) is 44.9 Å². The van der Waals surface area contributed by atoms with Crippen LogP contribution in [-0.2, 0) is 0 Å². The van der Waals surface area contributed by atoms with Crippen molar-refractivity contribution in [2.24, 2.45) is 5.92 Å². The average Bonchev–Trinajstić information content (AvgIpc) is 2.35. The summed E-state index contributed by atoms with van der Waals surface area (Å²) in [5.74, 6) is 1.72. The number of hydrogen-bond donors (Lipinski definition) is 1. The van der Waals surface area contributed by atoms with E-state index in [9.17, 15) is 0 Å². The Morgan fingerprint density at radius 3 is 2.76 bits per heavy atom. The van der Waals surface area contributed by atoms with E-state index < -0.39 is 0 Å². The first kappa shape index (κ1) is 12.4. The molecule has 2 atom stereocenters. The van der Waals surface area contributed by atoms with E-state index in [1.165, 1.54) is 31.2 Å². The molecule has 0 radical (unpaired) electrons. The van der Waals surface area contributed by atoms with E-state index >= 15 is 0 Å². The van der Waals surface area contributed by atoms with Gasteiger partial charge in [-0.2, -0.15) is 0 Å². The Kier molecular flexibility index (Phi) is 4.43. The van der Waals surface area contributed by atoms with Crippen LogP contribution in [0.4, 0.5) is 0 Å². The van der Waals surface area contributed by atoms with Gasteiger partial charge in [0.25, 0.3) is 0 Å². The summed E-state index contributed by atoms with van der Waals surface area (Å²) in [6.07, 6.45) is 5.52. The molecule has 1 aromatic carbocycles. The van der Waals surface area contributed by atoms with Crippen LogP contribution in [0.5, 0.6) is 5.75 Å². The first-order chi connectivity index (χ1) is 8.31. The van der Waals surface area contributed by atoms with Crippen LogP contribution >= 0.6 is 0 Å². The van der Waals surface area contributed by atoms with Gasteiger partial charge >= 0.3 is 0 Å². The van der Waals surface area contributed by atoms with Crippen LogP contribution in [0.25, 0.3) is 0 Å². The van der Waals surface area contributed by atoms with Crippen LogP contribution in [0.1, 0.15) is 31.2 Å². The molecule has 0 spiro atoms. The van der Waals surface area contributed by atoms with Crippen LogP contribution in [0, 0.1) is 12.8 Å². The molecular formula is C15H23NO. The van der Waals surface area contributed by atoms with Crippen LogP contribution in [-0.4, -0.2) is 19.7 Å². The Bertz CT molecular complexity index is 349. The van der Waals surface area contributed by atoms with Crippen molar-refractivity contribution in [1.29, 1.82) is 0 Å². The van der Waals surface area contributed by atoms with Crippen molar-refractivity contribution >= 4 is 0 Å². The lowest BCUT2D eigenvalue weighted by atomic mass is 9.86. The molecule has 0 aliphatic heterocycles. The fourth-order valence-electron chi connectivity index (χ4n) is 2.68. The first-order valence-electron chi connectivity index (χ1n) is 6.68. The maximum atomic E-state index is 6.21. The molecule has 1 saturated carbocycles. The molecule has 1 N–H and O–H groups in total. The van der Waals surface area contributed by atoms with Gasteiger partial charge in [0.05, 0.1) is 0 Å². The topological polar surface area (TPSA) is 21.3 Å². The van der Waals surface area contributed by atoms with E-state index in [0.29, 0.717) is 12.0 Å². The second-order valence-electron chi connectivity index (χ2n) is 5.02. The zero-order valence-electron chi connectivity index (χ0n) is 10.9. The van der Waals surface area contributed by atoms with E-state index in [1.54, 1.807) is 0 Å². The first-order valence-corrected chi connectivity index (χ1v) is 6.68. The number of para-hydroxylation sites is 1. The lowest BCUT2D eigenvalue weighted by molar-refractivity contribution is 0.0924. The summed E-state index contributed by atoms with van der Waals surface area (Å²) in [5, 5.41) is 3.29. The Morgan fingerprint density at radius 1 is 1.24 bits per heavy atom. The molecule has 17 heavy (non-hydrogen) atoms. The predicted octanol–water partition coefficient (Wildman–Crippen LogP) is 3.15. The zero-order chi connectivity index (χ0) is 12.1. The summed E-state index contributed by atoms with van der Waals surface area (Å²) >= 11 is 0. The number of nitrogens with one attached hydrogen (secondary N) is 1. The van der Waals surface area contributed by atoms with Gasteiger partial charge in [0, 0.05) is 12.5 Å². The van der Waals surface area contributed by atoms with Crippen molar-refractivity contribution in [3.05, 3.63) is 29.8 Å². The SMILES string of the molecule is CNCC1CCCCC1Oc1ccccc1C. The van der Waals surface area contributed by atoms with E-state index in [-0.39, 0.29) is 0 Å². The highest BCUT2D eigenvalue weighted by molar-refractivity contribution is 5.32. The van der Waals surface area contributed by atoms with Crippen molar-refractivity contribution in [3.63, 3.8) is 0 Å². The fourth-order valence-corrected chi connectivity index (χ4v) is 2.68. The minimum Gasteiger partial charge on any atom is -0.490 e. The van der Waals surface area contributed by atoms with Crippen LogP contribution in [0.3, 0.4) is 0 Å². The van der Waals surface area contributed by atoms with Crippen molar-refractivity contribution < 1.29 is 4.74 Å². The van der Waals surface area contributed by atoms with E-state index in [1.807, 2.05) is 7.05 Å². The summed E-state index contributed by atoms with van der Waals surface area (Å²) in [6.45, 7) is 3.18. The highest BCUT2D eigenvalue weighted by Gasteiger charge is 2.26. The molecule has 0 aromatic heterocycles. The molecular weight excluding hydrogens is 210 g/mol. The van der Waals surface area contributed by atoms with Gasteiger partial charge in [0.2, 0.25) is 0 Å². The number of aryl methyl sites for hydroxylation is 1. The van der Waals surface area contributed by atoms with Gasteiger partial charge in [0.15, 0.2) is 0 Å². The highest BCUT2D eigenvalue weighted by atomic mass is 16.5. The normalized spacial score (nSPS) is 24.6. The largest absolute Gasteiger partial charge is 0.490 e.